The Kier molecular flexibility index (Phi) is 10.9. The second kappa shape index (κ2) is 13.6. The number of ether oxygens (including phenoxy) is 2. The van der Waals surface area contributed by atoms with Crippen LogP contribution in [0.15, 0.2) is 30.3 Å². The molecule has 3 rings (SSSR count). The Morgan fingerprint density at radius 1 is 0.941 bits per heavy atom. The SMILES string of the molecule is CC.Cc1ccc(C(=O)O)cc1OCCCCOc1ccc(C(=O)CC2CCCC2)c(O)c1C. The van der Waals surface area contributed by atoms with Crippen LogP contribution in [-0.2, 0) is 0 Å². The molecular formula is C28H38O6. The average molecular weight is 471 g/mol. The molecule has 0 aromatic heterocycles. The van der Waals surface area contributed by atoms with E-state index in [1.165, 1.54) is 18.9 Å². The minimum atomic E-state index is -0.979. The number of phenols is 1. The van der Waals surface area contributed by atoms with Gasteiger partial charge in [-0.1, -0.05) is 45.6 Å². The lowest BCUT2D eigenvalue weighted by molar-refractivity contribution is 0.0696. The van der Waals surface area contributed by atoms with Gasteiger partial charge in [0, 0.05) is 12.0 Å². The highest BCUT2D eigenvalue weighted by molar-refractivity contribution is 5.99. The van der Waals surface area contributed by atoms with Crippen molar-refractivity contribution in [2.45, 2.75) is 72.6 Å². The Hall–Kier alpha value is -3.02. The van der Waals surface area contributed by atoms with Crippen molar-refractivity contribution in [2.75, 3.05) is 13.2 Å². The van der Waals surface area contributed by atoms with Gasteiger partial charge in [-0.3, -0.25) is 4.79 Å². The molecule has 6 heteroatoms. The molecule has 6 nitrogen and oxygen atoms in total. The minimum absolute atomic E-state index is 0.00320. The third-order valence-corrected chi connectivity index (χ3v) is 6.12. The number of phenolic OH excluding ortho intramolecular Hbond substituents is 1. The van der Waals surface area contributed by atoms with Crippen LogP contribution in [0, 0.1) is 19.8 Å². The number of aromatic carboxylic acids is 1. The second-order valence-electron chi connectivity index (χ2n) is 8.55. The molecule has 0 amide bonds. The van der Waals surface area contributed by atoms with Crippen LogP contribution in [0.3, 0.4) is 0 Å². The number of aryl methyl sites for hydroxylation is 1. The van der Waals surface area contributed by atoms with Gasteiger partial charge in [0.25, 0.3) is 0 Å². The number of unbranched alkanes of at least 4 members (excludes halogenated alkanes) is 1. The van der Waals surface area contributed by atoms with Crippen molar-refractivity contribution in [3.8, 4) is 17.2 Å². The zero-order valence-electron chi connectivity index (χ0n) is 20.9. The standard InChI is InChI=1S/C26H32O6.C2H6/c1-17-9-10-20(26(29)30)16-24(17)32-14-6-5-13-31-23-12-11-21(25(28)18(23)2)22(27)15-19-7-3-4-8-19;1-2/h9-12,16,19,28H,3-8,13-15H2,1-2H3,(H,29,30);1-2H3. The summed E-state index contributed by atoms with van der Waals surface area (Å²) in [7, 11) is 0. The Morgan fingerprint density at radius 2 is 1.56 bits per heavy atom. The topological polar surface area (TPSA) is 93.1 Å². The summed E-state index contributed by atoms with van der Waals surface area (Å²) in [4.78, 5) is 23.7. The first-order valence-corrected chi connectivity index (χ1v) is 12.3. The smallest absolute Gasteiger partial charge is 0.335 e. The van der Waals surface area contributed by atoms with Crippen LogP contribution in [0.1, 0.15) is 90.6 Å². The molecule has 34 heavy (non-hydrogen) atoms. The van der Waals surface area contributed by atoms with E-state index in [0.717, 1.165) is 31.2 Å². The van der Waals surface area contributed by atoms with E-state index < -0.39 is 5.97 Å². The van der Waals surface area contributed by atoms with Gasteiger partial charge in [-0.25, -0.2) is 4.79 Å². The molecule has 0 heterocycles. The third kappa shape index (κ3) is 7.51. The van der Waals surface area contributed by atoms with E-state index in [1.54, 1.807) is 31.2 Å². The summed E-state index contributed by atoms with van der Waals surface area (Å²) in [5.41, 5.74) is 2.06. The lowest BCUT2D eigenvalue weighted by atomic mass is 9.95. The molecule has 2 aromatic carbocycles. The summed E-state index contributed by atoms with van der Waals surface area (Å²) in [6.45, 7) is 8.54. The largest absolute Gasteiger partial charge is 0.507 e. The van der Waals surface area contributed by atoms with Crippen molar-refractivity contribution in [1.29, 1.82) is 0 Å². The van der Waals surface area contributed by atoms with Crippen LogP contribution in [0.2, 0.25) is 0 Å². The van der Waals surface area contributed by atoms with Gasteiger partial charge in [0.1, 0.15) is 17.2 Å². The fourth-order valence-corrected chi connectivity index (χ4v) is 4.11. The van der Waals surface area contributed by atoms with Gasteiger partial charge in [-0.05, 0) is 62.4 Å². The van der Waals surface area contributed by atoms with E-state index in [-0.39, 0.29) is 17.1 Å². The number of ketones is 1. The Balaban J connectivity index is 0.00000199. The van der Waals surface area contributed by atoms with Gasteiger partial charge < -0.3 is 19.7 Å². The zero-order chi connectivity index (χ0) is 25.1. The average Bonchev–Trinajstić information content (AvgIpc) is 3.34. The second-order valence-corrected chi connectivity index (χ2v) is 8.55. The number of carboxylic acids is 1. The van der Waals surface area contributed by atoms with Crippen molar-refractivity contribution < 1.29 is 29.3 Å². The lowest BCUT2D eigenvalue weighted by Gasteiger charge is -2.14. The lowest BCUT2D eigenvalue weighted by Crippen LogP contribution is -2.08. The van der Waals surface area contributed by atoms with E-state index in [4.69, 9.17) is 14.6 Å². The maximum absolute atomic E-state index is 12.6. The first kappa shape index (κ1) is 27.2. The van der Waals surface area contributed by atoms with E-state index in [1.807, 2.05) is 20.8 Å². The monoisotopic (exact) mass is 470 g/mol. The van der Waals surface area contributed by atoms with Crippen molar-refractivity contribution in [1.82, 2.24) is 0 Å². The first-order valence-electron chi connectivity index (χ1n) is 12.3. The molecule has 0 atom stereocenters. The number of rotatable bonds is 11. The quantitative estimate of drug-likeness (QED) is 0.279. The highest BCUT2D eigenvalue weighted by Crippen LogP contribution is 2.34. The third-order valence-electron chi connectivity index (χ3n) is 6.12. The Labute approximate surface area is 202 Å². The molecule has 1 saturated carbocycles. The number of aromatic hydroxyl groups is 1. The number of carbonyl (C=O) groups excluding carboxylic acids is 1. The van der Waals surface area contributed by atoms with Gasteiger partial charge in [0.05, 0.1) is 24.3 Å². The summed E-state index contributed by atoms with van der Waals surface area (Å²) in [6.07, 6.45) is 6.55. The molecule has 186 valence electrons. The van der Waals surface area contributed by atoms with Crippen molar-refractivity contribution >= 4 is 11.8 Å². The summed E-state index contributed by atoms with van der Waals surface area (Å²) in [5.74, 6) is 0.630. The number of hydrogen-bond donors (Lipinski definition) is 2. The molecule has 0 bridgehead atoms. The predicted octanol–water partition coefficient (Wildman–Crippen LogP) is 6.73. The summed E-state index contributed by atoms with van der Waals surface area (Å²) in [6, 6.07) is 8.25. The zero-order valence-corrected chi connectivity index (χ0v) is 20.9. The molecule has 0 unspecified atom stereocenters. The molecule has 1 aliphatic carbocycles. The normalized spacial score (nSPS) is 13.2. The maximum Gasteiger partial charge on any atom is 0.335 e. The molecule has 2 aromatic rings. The van der Waals surface area contributed by atoms with Gasteiger partial charge in [-0.2, -0.15) is 0 Å². The molecule has 0 radical (unpaired) electrons. The van der Waals surface area contributed by atoms with Gasteiger partial charge in [0.2, 0.25) is 0 Å². The molecule has 0 aliphatic heterocycles. The molecule has 2 N–H and O–H groups in total. The number of carboxylic acid groups (broad SMARTS) is 1. The van der Waals surface area contributed by atoms with Crippen molar-refractivity contribution in [3.63, 3.8) is 0 Å². The fraction of sp³-hybridized carbons (Fsp3) is 0.500. The first-order chi connectivity index (χ1) is 16.4. The van der Waals surface area contributed by atoms with Crippen LogP contribution < -0.4 is 9.47 Å². The van der Waals surface area contributed by atoms with Gasteiger partial charge in [-0.15, -0.1) is 0 Å². The predicted molar refractivity (Wildman–Crippen MR) is 133 cm³/mol. The van der Waals surface area contributed by atoms with E-state index in [2.05, 4.69) is 0 Å². The van der Waals surface area contributed by atoms with E-state index in [0.29, 0.717) is 48.2 Å². The van der Waals surface area contributed by atoms with Crippen LogP contribution in [0.5, 0.6) is 17.2 Å². The number of benzene rings is 2. The molecule has 1 fully saturated rings. The molecular weight excluding hydrogens is 432 g/mol. The van der Waals surface area contributed by atoms with E-state index in [9.17, 15) is 14.7 Å². The van der Waals surface area contributed by atoms with Crippen molar-refractivity contribution in [3.05, 3.63) is 52.6 Å². The highest BCUT2D eigenvalue weighted by atomic mass is 16.5. The van der Waals surface area contributed by atoms with Crippen molar-refractivity contribution in [2.24, 2.45) is 5.92 Å². The minimum Gasteiger partial charge on any atom is -0.507 e. The number of carbonyl (C=O) groups is 2. The van der Waals surface area contributed by atoms with E-state index >= 15 is 0 Å². The van der Waals surface area contributed by atoms with Gasteiger partial charge in [0.15, 0.2) is 5.78 Å². The maximum atomic E-state index is 12.6. The molecule has 1 aliphatic rings. The molecule has 0 spiro atoms. The number of Topliss-reactive ketones (excluding diaryl/α,β-unsaturated/α-hetero) is 1. The Bertz CT molecular complexity index is 960. The molecule has 0 saturated heterocycles. The summed E-state index contributed by atoms with van der Waals surface area (Å²) in [5, 5.41) is 19.6. The Morgan fingerprint density at radius 3 is 2.18 bits per heavy atom. The van der Waals surface area contributed by atoms with Crippen LogP contribution in [0.25, 0.3) is 0 Å². The van der Waals surface area contributed by atoms with Crippen LogP contribution >= 0.6 is 0 Å². The summed E-state index contributed by atoms with van der Waals surface area (Å²) < 4.78 is 11.5. The van der Waals surface area contributed by atoms with Crippen LogP contribution in [0.4, 0.5) is 0 Å². The highest BCUT2D eigenvalue weighted by Gasteiger charge is 2.22. The van der Waals surface area contributed by atoms with Gasteiger partial charge >= 0.3 is 5.97 Å². The summed E-state index contributed by atoms with van der Waals surface area (Å²) >= 11 is 0. The van der Waals surface area contributed by atoms with Crippen LogP contribution in [-0.4, -0.2) is 35.2 Å². The number of hydrogen-bond acceptors (Lipinski definition) is 5. The fourth-order valence-electron chi connectivity index (χ4n) is 4.11.